The number of nitrogens with zero attached hydrogens (tertiary/aromatic N) is 4. The van der Waals surface area contributed by atoms with Crippen molar-refractivity contribution >= 4 is 23.2 Å². The lowest BCUT2D eigenvalue weighted by molar-refractivity contribution is -0.384. The molecule has 2 amide bonds. The number of piperazine rings is 1. The number of H-pyrrole nitrogens is 1. The van der Waals surface area contributed by atoms with E-state index in [1.807, 2.05) is 35.2 Å². The third kappa shape index (κ3) is 4.90. The Morgan fingerprint density at radius 1 is 1.12 bits per heavy atom. The van der Waals surface area contributed by atoms with Gasteiger partial charge in [0.1, 0.15) is 11.5 Å². The van der Waals surface area contributed by atoms with Crippen LogP contribution in [0.2, 0.25) is 0 Å². The number of nitro benzene ring substituents is 1. The van der Waals surface area contributed by atoms with Gasteiger partial charge in [-0.3, -0.25) is 19.7 Å². The number of imidazole rings is 1. The fourth-order valence-electron chi connectivity index (χ4n) is 4.01. The molecule has 10 nitrogen and oxygen atoms in total. The first-order valence-corrected chi connectivity index (χ1v) is 11.0. The summed E-state index contributed by atoms with van der Waals surface area (Å²) in [4.78, 5) is 46.8. The Hall–Kier alpha value is -4.21. The van der Waals surface area contributed by atoms with Crippen LogP contribution in [0.1, 0.15) is 36.1 Å². The number of aromatic nitrogens is 2. The van der Waals surface area contributed by atoms with Crippen molar-refractivity contribution in [3.8, 4) is 11.3 Å². The third-order valence-corrected chi connectivity index (χ3v) is 5.94. The Kier molecular flexibility index (Phi) is 6.58. The smallest absolute Gasteiger partial charge is 0.293 e. The number of carbonyl (C=O) groups excluding carboxylic acids is 2. The number of benzene rings is 2. The minimum Gasteiger partial charge on any atom is -0.362 e. The largest absolute Gasteiger partial charge is 0.362 e. The van der Waals surface area contributed by atoms with Gasteiger partial charge in [0.25, 0.3) is 11.6 Å². The van der Waals surface area contributed by atoms with E-state index in [0.717, 1.165) is 11.3 Å². The van der Waals surface area contributed by atoms with Crippen molar-refractivity contribution in [2.24, 2.45) is 0 Å². The molecule has 4 rings (SSSR count). The van der Waals surface area contributed by atoms with Gasteiger partial charge in [-0.15, -0.1) is 0 Å². The molecule has 1 aromatic heterocycles. The van der Waals surface area contributed by atoms with E-state index in [9.17, 15) is 19.7 Å². The van der Waals surface area contributed by atoms with E-state index in [2.05, 4.69) is 15.3 Å². The minimum atomic E-state index is -0.481. The summed E-state index contributed by atoms with van der Waals surface area (Å²) >= 11 is 0. The number of nitro groups is 1. The van der Waals surface area contributed by atoms with Crippen LogP contribution in [-0.2, 0) is 4.79 Å². The van der Waals surface area contributed by atoms with Crippen LogP contribution in [-0.4, -0.2) is 57.8 Å². The summed E-state index contributed by atoms with van der Waals surface area (Å²) in [6.45, 7) is 5.29. The number of rotatable bonds is 6. The summed E-state index contributed by atoms with van der Waals surface area (Å²) in [5.41, 5.74) is 2.31. The predicted octanol–water partition coefficient (Wildman–Crippen LogP) is 3.14. The summed E-state index contributed by atoms with van der Waals surface area (Å²) < 4.78 is 0. The third-order valence-electron chi connectivity index (χ3n) is 5.94. The second-order valence-electron chi connectivity index (χ2n) is 8.20. The van der Waals surface area contributed by atoms with Crippen LogP contribution in [0.4, 0.5) is 11.4 Å². The van der Waals surface area contributed by atoms with Crippen LogP contribution >= 0.6 is 0 Å². The van der Waals surface area contributed by atoms with Gasteiger partial charge in [-0.25, -0.2) is 4.98 Å². The van der Waals surface area contributed by atoms with Gasteiger partial charge in [0.15, 0.2) is 0 Å². The summed E-state index contributed by atoms with van der Waals surface area (Å²) in [5, 5.41) is 14.6. The first-order chi connectivity index (χ1) is 16.3. The van der Waals surface area contributed by atoms with Gasteiger partial charge in [-0.05, 0) is 24.6 Å². The van der Waals surface area contributed by atoms with Gasteiger partial charge in [0.05, 0.1) is 22.9 Å². The number of amides is 2. The molecule has 176 valence electrons. The molecule has 1 saturated heterocycles. The average Bonchev–Trinajstić information content (AvgIpc) is 3.35. The fourth-order valence-corrected chi connectivity index (χ4v) is 4.01. The van der Waals surface area contributed by atoms with Crippen LogP contribution in [0.5, 0.6) is 0 Å². The summed E-state index contributed by atoms with van der Waals surface area (Å²) in [7, 11) is 0. The highest BCUT2D eigenvalue weighted by Crippen LogP contribution is 2.30. The van der Waals surface area contributed by atoms with Crippen LogP contribution in [0, 0.1) is 10.1 Å². The van der Waals surface area contributed by atoms with Gasteiger partial charge < -0.3 is 20.1 Å². The van der Waals surface area contributed by atoms with E-state index in [4.69, 9.17) is 0 Å². The zero-order valence-corrected chi connectivity index (χ0v) is 19.0. The van der Waals surface area contributed by atoms with E-state index in [1.165, 1.54) is 13.0 Å². The van der Waals surface area contributed by atoms with Crippen LogP contribution in [0.25, 0.3) is 11.3 Å². The molecule has 0 spiro atoms. The summed E-state index contributed by atoms with van der Waals surface area (Å²) in [6, 6.07) is 13.8. The Morgan fingerprint density at radius 3 is 2.47 bits per heavy atom. The van der Waals surface area contributed by atoms with Gasteiger partial charge in [-0.2, -0.15) is 0 Å². The zero-order chi connectivity index (χ0) is 24.2. The number of hydrogen-bond acceptors (Lipinski definition) is 6. The van der Waals surface area contributed by atoms with Crippen molar-refractivity contribution in [2.75, 3.05) is 31.1 Å². The van der Waals surface area contributed by atoms with Crippen LogP contribution in [0.3, 0.4) is 0 Å². The van der Waals surface area contributed by atoms with Crippen molar-refractivity contribution in [3.63, 3.8) is 0 Å². The molecular formula is C24H26N6O4. The Balaban J connectivity index is 1.47. The van der Waals surface area contributed by atoms with Gasteiger partial charge >= 0.3 is 0 Å². The van der Waals surface area contributed by atoms with Crippen LogP contribution < -0.4 is 10.2 Å². The Labute approximate surface area is 196 Å². The minimum absolute atomic E-state index is 0.0114. The van der Waals surface area contributed by atoms with Crippen LogP contribution in [0.15, 0.2) is 54.7 Å². The lowest BCUT2D eigenvalue weighted by Crippen LogP contribution is -2.48. The standard InChI is InChI=1S/C24H26N6O4/c1-16(23-25-15-20(27-23)18-6-4-3-5-7-18)26-24(32)19-8-9-21(22(14-19)30(33)34)29-12-10-28(11-13-29)17(2)31/h3-9,14-16H,10-13H2,1-2H3,(H,25,27)(H,26,32). The maximum Gasteiger partial charge on any atom is 0.293 e. The molecule has 34 heavy (non-hydrogen) atoms. The molecule has 3 aromatic rings. The number of hydrogen-bond donors (Lipinski definition) is 2. The molecule has 1 aliphatic heterocycles. The zero-order valence-electron chi connectivity index (χ0n) is 19.0. The molecule has 0 saturated carbocycles. The highest BCUT2D eigenvalue weighted by atomic mass is 16.6. The number of aromatic amines is 1. The molecule has 1 fully saturated rings. The topological polar surface area (TPSA) is 124 Å². The van der Waals surface area contributed by atoms with Gasteiger partial charge in [0.2, 0.25) is 5.91 Å². The molecule has 2 aromatic carbocycles. The van der Waals surface area contributed by atoms with Crippen molar-refractivity contribution in [1.29, 1.82) is 0 Å². The molecular weight excluding hydrogens is 436 g/mol. The SMILES string of the molecule is CC(=O)N1CCN(c2ccc(C(=O)NC(C)c3ncc(-c4ccccc4)[nH]3)cc2[N+](=O)[O-])CC1. The molecule has 1 aliphatic rings. The Morgan fingerprint density at radius 2 is 1.82 bits per heavy atom. The summed E-state index contributed by atoms with van der Waals surface area (Å²) in [5.74, 6) is 0.144. The van der Waals surface area contributed by atoms with E-state index in [1.54, 1.807) is 30.2 Å². The van der Waals surface area contributed by atoms with Crippen molar-refractivity contribution in [3.05, 3.63) is 76.2 Å². The van der Waals surface area contributed by atoms with E-state index >= 15 is 0 Å². The van der Waals surface area contributed by atoms with E-state index in [0.29, 0.717) is 37.7 Å². The van der Waals surface area contributed by atoms with Gasteiger partial charge in [0, 0.05) is 44.7 Å². The number of carbonyl (C=O) groups is 2. The molecule has 1 unspecified atom stereocenters. The average molecular weight is 463 g/mol. The van der Waals surface area contributed by atoms with Crippen molar-refractivity contribution < 1.29 is 14.5 Å². The second kappa shape index (κ2) is 9.74. The van der Waals surface area contributed by atoms with Crippen molar-refractivity contribution in [2.45, 2.75) is 19.9 Å². The monoisotopic (exact) mass is 462 g/mol. The molecule has 2 heterocycles. The fraction of sp³-hybridized carbons (Fsp3) is 0.292. The molecule has 10 heteroatoms. The molecule has 2 N–H and O–H groups in total. The normalized spacial score (nSPS) is 14.5. The number of anilines is 1. The maximum absolute atomic E-state index is 12.9. The lowest BCUT2D eigenvalue weighted by Gasteiger charge is -2.35. The van der Waals surface area contributed by atoms with Crippen molar-refractivity contribution in [1.82, 2.24) is 20.2 Å². The van der Waals surface area contributed by atoms with E-state index < -0.39 is 16.9 Å². The molecule has 0 bridgehead atoms. The summed E-state index contributed by atoms with van der Waals surface area (Å²) in [6.07, 6.45) is 1.71. The predicted molar refractivity (Wildman–Crippen MR) is 127 cm³/mol. The maximum atomic E-state index is 12.9. The Bertz CT molecular complexity index is 1200. The second-order valence-corrected chi connectivity index (χ2v) is 8.20. The lowest BCUT2D eigenvalue weighted by atomic mass is 10.1. The highest BCUT2D eigenvalue weighted by molar-refractivity contribution is 5.96. The van der Waals surface area contributed by atoms with Gasteiger partial charge in [-0.1, -0.05) is 30.3 Å². The molecule has 0 radical (unpaired) electrons. The number of nitrogens with one attached hydrogen (secondary N) is 2. The quantitative estimate of drug-likeness (QED) is 0.428. The molecule has 0 aliphatic carbocycles. The molecule has 1 atom stereocenters. The highest BCUT2D eigenvalue weighted by Gasteiger charge is 2.26. The first-order valence-electron chi connectivity index (χ1n) is 11.0. The first kappa shape index (κ1) is 23.0. The van der Waals surface area contributed by atoms with E-state index in [-0.39, 0.29) is 17.2 Å².